The highest BCUT2D eigenvalue weighted by Gasteiger charge is 2.12. The molecular weight excluding hydrogens is 268 g/mol. The van der Waals surface area contributed by atoms with Crippen molar-refractivity contribution >= 4 is 5.97 Å². The van der Waals surface area contributed by atoms with Crippen molar-refractivity contribution < 1.29 is 14.6 Å². The molecule has 0 radical (unpaired) electrons. The molecule has 0 spiro atoms. The molecule has 0 saturated carbocycles. The number of piperidine rings is 1. The van der Waals surface area contributed by atoms with E-state index >= 15 is 0 Å². The van der Waals surface area contributed by atoms with E-state index < -0.39 is 12.1 Å². The van der Waals surface area contributed by atoms with Gasteiger partial charge < -0.3 is 14.7 Å². The van der Waals surface area contributed by atoms with Gasteiger partial charge >= 0.3 is 5.97 Å². The average Bonchev–Trinajstić information content (AvgIpc) is 2.50. The largest absolute Gasteiger partial charge is 0.459 e. The van der Waals surface area contributed by atoms with E-state index in [1.165, 1.54) is 25.3 Å². The van der Waals surface area contributed by atoms with Crippen LogP contribution in [0.1, 0.15) is 39.0 Å². The zero-order chi connectivity index (χ0) is 15.5. The molecule has 0 aliphatic carbocycles. The Hall–Kier alpha value is -1.80. The molecule has 0 aromatic heterocycles. The van der Waals surface area contributed by atoms with E-state index in [1.807, 2.05) is 19.2 Å². The van der Waals surface area contributed by atoms with E-state index in [1.54, 1.807) is 6.08 Å². The van der Waals surface area contributed by atoms with Crippen LogP contribution in [0, 0.1) is 11.3 Å². The number of ether oxygens (including phenoxy) is 1. The first-order valence-corrected chi connectivity index (χ1v) is 7.55. The lowest BCUT2D eigenvalue weighted by atomic mass is 10.1. The molecular formula is C16H24N2O3. The van der Waals surface area contributed by atoms with Gasteiger partial charge in [-0.15, -0.1) is 0 Å². The van der Waals surface area contributed by atoms with E-state index in [-0.39, 0.29) is 12.2 Å². The fourth-order valence-corrected chi connectivity index (χ4v) is 2.15. The van der Waals surface area contributed by atoms with Crippen LogP contribution < -0.4 is 0 Å². The van der Waals surface area contributed by atoms with Gasteiger partial charge in [-0.2, -0.15) is 5.26 Å². The number of hydrogen-bond donors (Lipinski definition) is 1. The van der Waals surface area contributed by atoms with Gasteiger partial charge in [-0.1, -0.05) is 13.3 Å². The van der Waals surface area contributed by atoms with Gasteiger partial charge in [0.05, 0.1) is 6.10 Å². The molecule has 1 atom stereocenters. The van der Waals surface area contributed by atoms with Crippen LogP contribution in [0.3, 0.4) is 0 Å². The van der Waals surface area contributed by atoms with Gasteiger partial charge in [0.2, 0.25) is 0 Å². The number of rotatable bonds is 7. The molecule has 5 heteroatoms. The third-order valence-corrected chi connectivity index (χ3v) is 3.32. The molecule has 1 fully saturated rings. The molecule has 116 valence electrons. The maximum Gasteiger partial charge on any atom is 0.348 e. The summed E-state index contributed by atoms with van der Waals surface area (Å²) in [7, 11) is 0. The molecule has 0 amide bonds. The molecule has 5 nitrogen and oxygen atoms in total. The topological polar surface area (TPSA) is 73.6 Å². The van der Waals surface area contributed by atoms with E-state index in [0.29, 0.717) is 6.42 Å². The highest BCUT2D eigenvalue weighted by atomic mass is 16.5. The smallest absolute Gasteiger partial charge is 0.348 e. The van der Waals surface area contributed by atoms with Gasteiger partial charge in [-0.05, 0) is 44.0 Å². The van der Waals surface area contributed by atoms with Crippen molar-refractivity contribution in [1.29, 1.82) is 5.26 Å². The number of esters is 1. The highest BCUT2D eigenvalue weighted by Crippen LogP contribution is 2.09. The molecule has 0 aromatic rings. The Bertz CT molecular complexity index is 418. The molecule has 0 aromatic carbocycles. The minimum Gasteiger partial charge on any atom is -0.459 e. The number of allylic oxidation sites excluding steroid dienone is 2. The number of carbonyl (C=O) groups excluding carboxylic acids is 1. The lowest BCUT2D eigenvalue weighted by Crippen LogP contribution is -2.24. The number of hydrogen-bond acceptors (Lipinski definition) is 5. The normalized spacial score (nSPS) is 17.6. The van der Waals surface area contributed by atoms with Gasteiger partial charge in [-0.25, -0.2) is 4.79 Å². The standard InChI is InChI=1S/C16H24N2O3/c1-2-7-15(19)13-21-16(20)14(12-17)8-6-11-18-9-4-3-5-10-18/h6,8,11,15,19H,2-5,7,9-10,13H2,1H3. The van der Waals surface area contributed by atoms with E-state index in [0.717, 1.165) is 19.5 Å². The molecule has 1 aliphatic rings. The number of aliphatic hydroxyl groups excluding tert-OH is 1. The van der Waals surface area contributed by atoms with Crippen molar-refractivity contribution in [2.24, 2.45) is 0 Å². The van der Waals surface area contributed by atoms with E-state index in [2.05, 4.69) is 4.90 Å². The molecule has 1 saturated heterocycles. The van der Waals surface area contributed by atoms with Crippen LogP contribution in [0.15, 0.2) is 23.9 Å². The Kier molecular flexibility index (Phi) is 8.22. The van der Waals surface area contributed by atoms with Crippen molar-refractivity contribution in [2.45, 2.75) is 45.1 Å². The van der Waals surface area contributed by atoms with Gasteiger partial charge in [0.15, 0.2) is 0 Å². The SMILES string of the molecule is CCCC(O)COC(=O)C(C#N)=CC=CN1CCCCC1. The zero-order valence-corrected chi connectivity index (χ0v) is 12.6. The highest BCUT2D eigenvalue weighted by molar-refractivity contribution is 5.93. The number of likely N-dealkylation sites (tertiary alicyclic amines) is 1. The van der Waals surface area contributed by atoms with Crippen LogP contribution in [-0.4, -0.2) is 41.8 Å². The van der Waals surface area contributed by atoms with Crippen molar-refractivity contribution in [3.63, 3.8) is 0 Å². The summed E-state index contributed by atoms with van der Waals surface area (Å²) < 4.78 is 4.92. The second-order valence-corrected chi connectivity index (χ2v) is 5.17. The fraction of sp³-hybridized carbons (Fsp3) is 0.625. The van der Waals surface area contributed by atoms with Crippen molar-refractivity contribution in [2.75, 3.05) is 19.7 Å². The second kappa shape index (κ2) is 10.0. The van der Waals surface area contributed by atoms with Gasteiger partial charge in [0.1, 0.15) is 18.2 Å². The summed E-state index contributed by atoms with van der Waals surface area (Å²) in [4.78, 5) is 13.9. The molecule has 1 heterocycles. The van der Waals surface area contributed by atoms with Crippen molar-refractivity contribution in [3.8, 4) is 6.07 Å². The summed E-state index contributed by atoms with van der Waals surface area (Å²) in [6.07, 6.45) is 9.41. The second-order valence-electron chi connectivity index (χ2n) is 5.17. The van der Waals surface area contributed by atoms with Crippen LogP contribution in [0.2, 0.25) is 0 Å². The lowest BCUT2D eigenvalue weighted by molar-refractivity contribution is -0.141. The summed E-state index contributed by atoms with van der Waals surface area (Å²) in [5.74, 6) is -0.684. The van der Waals surface area contributed by atoms with Crippen molar-refractivity contribution in [1.82, 2.24) is 4.90 Å². The molecule has 0 bridgehead atoms. The summed E-state index contributed by atoms with van der Waals surface area (Å²) >= 11 is 0. The van der Waals surface area contributed by atoms with Gasteiger partial charge in [-0.3, -0.25) is 0 Å². The summed E-state index contributed by atoms with van der Waals surface area (Å²) in [5.41, 5.74) is -0.0491. The maximum absolute atomic E-state index is 11.7. The molecule has 1 rings (SSSR count). The number of carbonyl (C=O) groups is 1. The third kappa shape index (κ3) is 6.96. The van der Waals surface area contributed by atoms with Crippen LogP contribution in [0.5, 0.6) is 0 Å². The summed E-state index contributed by atoms with van der Waals surface area (Å²) in [5, 5.41) is 18.5. The Morgan fingerprint density at radius 1 is 1.43 bits per heavy atom. The molecule has 1 N–H and O–H groups in total. The number of nitrogens with zero attached hydrogens (tertiary/aromatic N) is 2. The first-order chi connectivity index (χ1) is 10.2. The first kappa shape index (κ1) is 17.3. The third-order valence-electron chi connectivity index (χ3n) is 3.32. The zero-order valence-electron chi connectivity index (χ0n) is 12.6. The Labute approximate surface area is 126 Å². The first-order valence-electron chi connectivity index (χ1n) is 7.55. The predicted molar refractivity (Wildman–Crippen MR) is 80.1 cm³/mol. The Morgan fingerprint density at radius 2 is 2.14 bits per heavy atom. The van der Waals surface area contributed by atoms with E-state index in [4.69, 9.17) is 10.00 Å². The summed E-state index contributed by atoms with van der Waals surface area (Å²) in [6, 6.07) is 1.83. The minimum absolute atomic E-state index is 0.0491. The monoisotopic (exact) mass is 292 g/mol. The van der Waals surface area contributed by atoms with Crippen LogP contribution >= 0.6 is 0 Å². The molecule has 1 aliphatic heterocycles. The van der Waals surface area contributed by atoms with Crippen LogP contribution in [-0.2, 0) is 9.53 Å². The predicted octanol–water partition coefficient (Wildman–Crippen LogP) is 2.14. The van der Waals surface area contributed by atoms with Gasteiger partial charge in [0.25, 0.3) is 0 Å². The molecule has 1 unspecified atom stereocenters. The quantitative estimate of drug-likeness (QED) is 0.337. The average molecular weight is 292 g/mol. The molecule has 21 heavy (non-hydrogen) atoms. The lowest BCUT2D eigenvalue weighted by Gasteiger charge is -2.24. The van der Waals surface area contributed by atoms with Crippen molar-refractivity contribution in [3.05, 3.63) is 23.9 Å². The van der Waals surface area contributed by atoms with Gasteiger partial charge in [0, 0.05) is 13.1 Å². The number of nitriles is 1. The Morgan fingerprint density at radius 3 is 2.76 bits per heavy atom. The maximum atomic E-state index is 11.7. The summed E-state index contributed by atoms with van der Waals surface area (Å²) in [6.45, 7) is 3.90. The van der Waals surface area contributed by atoms with Crippen LogP contribution in [0.4, 0.5) is 0 Å². The fourth-order valence-electron chi connectivity index (χ4n) is 2.15. The van der Waals surface area contributed by atoms with Crippen LogP contribution in [0.25, 0.3) is 0 Å². The minimum atomic E-state index is -0.684. The number of aliphatic hydroxyl groups is 1. The Balaban J connectivity index is 2.44. The van der Waals surface area contributed by atoms with E-state index in [9.17, 15) is 9.90 Å².